The van der Waals surface area contributed by atoms with E-state index in [1.807, 2.05) is 0 Å². The Hall–Kier alpha value is -2.15. The normalized spacial score (nSPS) is 21.3. The van der Waals surface area contributed by atoms with Crippen LogP contribution in [0.25, 0.3) is 0 Å². The molecule has 0 spiro atoms. The van der Waals surface area contributed by atoms with Gasteiger partial charge in [0.2, 0.25) is 0 Å². The molecule has 2 fully saturated rings. The standard InChI is InChI=1S/C28H41N3O3/c1-18-8-9-26(19(2)11-18)22(5)34-27-12-28(29-21(4)20(27)3)31-14-24(15-31)23-7-6-10-30(13-23)16-25(33)17-32/h8-9,11-12,22-25,32-33H,6-7,10,13-17H2,1-5H3/t22-,23+,25+/m1/s1. The molecular weight excluding hydrogens is 426 g/mol. The average Bonchev–Trinajstić information content (AvgIpc) is 2.76. The number of hydrogen-bond donors (Lipinski definition) is 2. The molecule has 0 radical (unpaired) electrons. The van der Waals surface area contributed by atoms with E-state index in [1.54, 1.807) is 0 Å². The van der Waals surface area contributed by atoms with Crippen LogP contribution >= 0.6 is 0 Å². The lowest BCUT2D eigenvalue weighted by Gasteiger charge is -2.47. The zero-order chi connectivity index (χ0) is 24.4. The summed E-state index contributed by atoms with van der Waals surface area (Å²) >= 11 is 0. The van der Waals surface area contributed by atoms with E-state index in [9.17, 15) is 5.11 Å². The van der Waals surface area contributed by atoms with Gasteiger partial charge in [-0.3, -0.25) is 0 Å². The summed E-state index contributed by atoms with van der Waals surface area (Å²) in [6.45, 7) is 15.0. The first-order valence-electron chi connectivity index (χ1n) is 12.7. The topological polar surface area (TPSA) is 69.1 Å². The van der Waals surface area contributed by atoms with Crippen LogP contribution < -0.4 is 9.64 Å². The van der Waals surface area contributed by atoms with Gasteiger partial charge >= 0.3 is 0 Å². The van der Waals surface area contributed by atoms with Crippen LogP contribution in [-0.4, -0.2) is 65.5 Å². The van der Waals surface area contributed by atoms with Crippen molar-refractivity contribution in [3.63, 3.8) is 0 Å². The van der Waals surface area contributed by atoms with Crippen molar-refractivity contribution in [1.82, 2.24) is 9.88 Å². The van der Waals surface area contributed by atoms with Crippen LogP contribution in [0.1, 0.15) is 53.8 Å². The number of ether oxygens (including phenoxy) is 1. The van der Waals surface area contributed by atoms with Gasteiger partial charge in [-0.15, -0.1) is 0 Å². The zero-order valence-corrected chi connectivity index (χ0v) is 21.4. The maximum Gasteiger partial charge on any atom is 0.132 e. The van der Waals surface area contributed by atoms with E-state index in [2.05, 4.69) is 68.7 Å². The number of aliphatic hydroxyl groups is 2. The molecule has 0 saturated carbocycles. The molecule has 2 saturated heterocycles. The first kappa shape index (κ1) is 25.0. The SMILES string of the molecule is Cc1ccc([C@@H](C)Oc2cc(N3CC([C@H]4CCCN(C[C@H](O)CO)C4)C3)nc(C)c2C)c(C)c1. The van der Waals surface area contributed by atoms with Crippen LogP contribution in [-0.2, 0) is 0 Å². The van der Waals surface area contributed by atoms with Crippen molar-refractivity contribution >= 4 is 5.82 Å². The Labute approximate surface area is 204 Å². The Morgan fingerprint density at radius 1 is 1.09 bits per heavy atom. The van der Waals surface area contributed by atoms with Gasteiger partial charge in [-0.25, -0.2) is 4.98 Å². The lowest BCUT2D eigenvalue weighted by atomic mass is 9.80. The first-order chi connectivity index (χ1) is 16.2. The third-order valence-corrected chi connectivity index (χ3v) is 7.74. The second kappa shape index (κ2) is 10.6. The van der Waals surface area contributed by atoms with E-state index in [0.717, 1.165) is 55.4 Å². The van der Waals surface area contributed by atoms with Crippen LogP contribution in [0.15, 0.2) is 24.3 Å². The van der Waals surface area contributed by atoms with Crippen molar-refractivity contribution in [2.75, 3.05) is 44.2 Å². The summed E-state index contributed by atoms with van der Waals surface area (Å²) in [4.78, 5) is 9.56. The second-order valence-electron chi connectivity index (χ2n) is 10.5. The fraction of sp³-hybridized carbons (Fsp3) is 0.607. The molecule has 0 unspecified atom stereocenters. The summed E-state index contributed by atoms with van der Waals surface area (Å²) in [5.74, 6) is 3.21. The number of piperidine rings is 1. The smallest absolute Gasteiger partial charge is 0.132 e. The van der Waals surface area contributed by atoms with Crippen molar-refractivity contribution in [3.8, 4) is 5.75 Å². The molecule has 2 aliphatic heterocycles. The molecule has 1 aromatic heterocycles. The summed E-state index contributed by atoms with van der Waals surface area (Å²) in [6.07, 6.45) is 1.74. The highest BCUT2D eigenvalue weighted by molar-refractivity contribution is 5.51. The van der Waals surface area contributed by atoms with Gasteiger partial charge in [0.1, 0.15) is 17.7 Å². The minimum Gasteiger partial charge on any atom is -0.486 e. The van der Waals surface area contributed by atoms with Crippen molar-refractivity contribution in [2.45, 2.75) is 59.7 Å². The molecule has 1 aromatic carbocycles. The maximum absolute atomic E-state index is 9.81. The molecule has 6 heteroatoms. The number of rotatable bonds is 8. The van der Waals surface area contributed by atoms with Gasteiger partial charge in [-0.2, -0.15) is 0 Å². The lowest BCUT2D eigenvalue weighted by molar-refractivity contribution is 0.0348. The Kier molecular flexibility index (Phi) is 7.80. The van der Waals surface area contributed by atoms with E-state index < -0.39 is 6.10 Å². The van der Waals surface area contributed by atoms with E-state index >= 15 is 0 Å². The summed E-state index contributed by atoms with van der Waals surface area (Å²) in [5, 5.41) is 19.0. The first-order valence-corrected chi connectivity index (χ1v) is 12.7. The molecule has 0 aliphatic carbocycles. The Morgan fingerprint density at radius 3 is 2.56 bits per heavy atom. The van der Waals surface area contributed by atoms with Gasteiger partial charge in [0, 0.05) is 43.5 Å². The lowest BCUT2D eigenvalue weighted by Crippen LogP contribution is -2.54. The number of aryl methyl sites for hydroxylation is 3. The number of hydrogen-bond acceptors (Lipinski definition) is 6. The molecule has 6 nitrogen and oxygen atoms in total. The van der Waals surface area contributed by atoms with E-state index in [4.69, 9.17) is 14.8 Å². The third kappa shape index (κ3) is 5.56. The van der Waals surface area contributed by atoms with Gasteiger partial charge in [-0.1, -0.05) is 23.8 Å². The number of aliphatic hydroxyl groups excluding tert-OH is 2. The number of pyridine rings is 1. The third-order valence-electron chi connectivity index (χ3n) is 7.74. The predicted molar refractivity (Wildman–Crippen MR) is 137 cm³/mol. The summed E-state index contributed by atoms with van der Waals surface area (Å²) in [5.41, 5.74) is 5.87. The largest absolute Gasteiger partial charge is 0.486 e. The highest BCUT2D eigenvalue weighted by Gasteiger charge is 2.37. The molecule has 186 valence electrons. The highest BCUT2D eigenvalue weighted by Crippen LogP contribution is 2.36. The number of nitrogens with zero attached hydrogens (tertiary/aromatic N) is 3. The van der Waals surface area contributed by atoms with Gasteiger partial charge in [0.15, 0.2) is 0 Å². The average molecular weight is 468 g/mol. The molecule has 3 heterocycles. The maximum atomic E-state index is 9.81. The minimum atomic E-state index is -0.638. The summed E-state index contributed by atoms with van der Waals surface area (Å²) in [6, 6.07) is 8.65. The number of anilines is 1. The predicted octanol–water partition coefficient (Wildman–Crippen LogP) is 3.96. The summed E-state index contributed by atoms with van der Waals surface area (Å²) in [7, 11) is 0. The summed E-state index contributed by atoms with van der Waals surface area (Å²) < 4.78 is 6.48. The molecular formula is C28H41N3O3. The number of β-amino-alcohol motifs (C(OH)–C–C–N with tert-alkyl or cyclic N) is 1. The van der Waals surface area contributed by atoms with E-state index in [0.29, 0.717) is 18.4 Å². The fourth-order valence-electron chi connectivity index (χ4n) is 5.51. The minimum absolute atomic E-state index is 0.0272. The number of aromatic nitrogens is 1. The van der Waals surface area contributed by atoms with Crippen LogP contribution in [0.5, 0.6) is 5.75 Å². The van der Waals surface area contributed by atoms with Crippen molar-refractivity contribution in [1.29, 1.82) is 0 Å². The molecule has 4 rings (SSSR count). The van der Waals surface area contributed by atoms with Crippen LogP contribution in [0.4, 0.5) is 5.82 Å². The van der Waals surface area contributed by atoms with Gasteiger partial charge in [0.05, 0.1) is 12.7 Å². The number of likely N-dealkylation sites (tertiary alicyclic amines) is 1. The molecule has 3 atom stereocenters. The molecule has 34 heavy (non-hydrogen) atoms. The van der Waals surface area contributed by atoms with Crippen LogP contribution in [0.2, 0.25) is 0 Å². The van der Waals surface area contributed by atoms with Crippen molar-refractivity contribution in [2.24, 2.45) is 11.8 Å². The highest BCUT2D eigenvalue weighted by atomic mass is 16.5. The molecule has 2 aromatic rings. The molecule has 2 aliphatic rings. The Bertz CT molecular complexity index is 989. The monoisotopic (exact) mass is 467 g/mol. The molecule has 2 N–H and O–H groups in total. The van der Waals surface area contributed by atoms with Crippen molar-refractivity contribution in [3.05, 3.63) is 52.2 Å². The quantitative estimate of drug-likeness (QED) is 0.613. The van der Waals surface area contributed by atoms with Crippen LogP contribution in [0.3, 0.4) is 0 Å². The van der Waals surface area contributed by atoms with Gasteiger partial charge in [0.25, 0.3) is 0 Å². The van der Waals surface area contributed by atoms with Crippen LogP contribution in [0, 0.1) is 39.5 Å². The van der Waals surface area contributed by atoms with Gasteiger partial charge in [-0.05, 0) is 77.0 Å². The Morgan fingerprint density at radius 2 is 1.85 bits per heavy atom. The van der Waals surface area contributed by atoms with Gasteiger partial charge < -0.3 is 24.7 Å². The van der Waals surface area contributed by atoms with E-state index in [-0.39, 0.29) is 12.7 Å². The zero-order valence-electron chi connectivity index (χ0n) is 21.4. The van der Waals surface area contributed by atoms with Crippen molar-refractivity contribution < 1.29 is 14.9 Å². The molecule has 0 amide bonds. The Balaban J connectivity index is 1.40. The second-order valence-corrected chi connectivity index (χ2v) is 10.5. The van der Waals surface area contributed by atoms with E-state index in [1.165, 1.54) is 23.1 Å². The molecule has 0 bridgehead atoms. The number of benzene rings is 1. The fourth-order valence-corrected chi connectivity index (χ4v) is 5.51.